The van der Waals surface area contributed by atoms with Gasteiger partial charge in [0.2, 0.25) is 0 Å². The molecule has 0 saturated heterocycles. The van der Waals surface area contributed by atoms with Crippen LogP contribution in [0, 0.1) is 0 Å². The highest BCUT2D eigenvalue weighted by molar-refractivity contribution is 5.52. The fourth-order valence-electron chi connectivity index (χ4n) is 8.65. The van der Waals surface area contributed by atoms with Crippen molar-refractivity contribution in [2.45, 2.75) is 30.3 Å². The van der Waals surface area contributed by atoms with Crippen LogP contribution in [0.3, 0.4) is 0 Å². The molecule has 61 heavy (non-hydrogen) atoms. The molecule has 4 nitrogen and oxygen atoms in total. The van der Waals surface area contributed by atoms with Crippen LogP contribution in [0.1, 0.15) is 57.3 Å². The van der Waals surface area contributed by atoms with E-state index in [1.54, 1.807) is 0 Å². The Bertz CT molecular complexity index is 2090. The molecule has 0 saturated carbocycles. The smallest absolute Gasteiger partial charge is 0.0947 e. The quantitative estimate of drug-likeness (QED) is 0.0458. The summed E-state index contributed by atoms with van der Waals surface area (Å²) in [6.45, 7) is 3.45. The van der Waals surface area contributed by atoms with Crippen LogP contribution in [0.15, 0.2) is 231 Å². The molecular formula is C57H56N4. The van der Waals surface area contributed by atoms with Gasteiger partial charge in [0, 0.05) is 24.5 Å². The van der Waals surface area contributed by atoms with Crippen molar-refractivity contribution in [1.82, 2.24) is 10.6 Å². The van der Waals surface area contributed by atoms with Gasteiger partial charge in [-0.25, -0.2) is 0 Å². The topological polar surface area (TPSA) is 48.1 Å². The molecule has 0 amide bonds. The van der Waals surface area contributed by atoms with E-state index in [0.717, 1.165) is 56.8 Å². The summed E-state index contributed by atoms with van der Waals surface area (Å²) in [5, 5.41) is 15.3. The predicted octanol–water partition coefficient (Wildman–Crippen LogP) is 12.0. The van der Waals surface area contributed by atoms with E-state index < -0.39 is 11.1 Å². The Morgan fingerprint density at radius 1 is 0.262 bits per heavy atom. The third-order valence-electron chi connectivity index (χ3n) is 11.7. The van der Waals surface area contributed by atoms with Gasteiger partial charge in [-0.05, 0) is 101 Å². The Hall–Kier alpha value is -6.72. The molecule has 0 aromatic heterocycles. The molecule has 0 aliphatic heterocycles. The zero-order valence-corrected chi connectivity index (χ0v) is 34.9. The molecule has 0 bridgehead atoms. The van der Waals surface area contributed by atoms with E-state index in [1.165, 1.54) is 44.5 Å². The van der Waals surface area contributed by atoms with Crippen molar-refractivity contribution in [3.05, 3.63) is 275 Å². The first-order chi connectivity index (χ1) is 30.2. The van der Waals surface area contributed by atoms with Gasteiger partial charge in [0.25, 0.3) is 0 Å². The monoisotopic (exact) mass is 796 g/mol. The van der Waals surface area contributed by atoms with E-state index >= 15 is 0 Å². The van der Waals surface area contributed by atoms with E-state index in [4.69, 9.17) is 0 Å². The van der Waals surface area contributed by atoms with Gasteiger partial charge < -0.3 is 10.6 Å². The molecule has 304 valence electrons. The maximum absolute atomic E-state index is 4.00. The second-order valence-corrected chi connectivity index (χ2v) is 15.7. The van der Waals surface area contributed by atoms with Gasteiger partial charge in [-0.2, -0.15) is 0 Å². The molecule has 8 aromatic carbocycles. The largest absolute Gasteiger partial charge is 0.385 e. The molecule has 0 fully saturated rings. The SMILES string of the molecule is c1ccc(C(NCCCNc2ccc(Cc3ccc(NCCCNC(c4ccccc4)(c4ccccc4)c4ccccc4)cc3)cc2)(c2ccccc2)c2ccccc2)cc1. The minimum absolute atomic E-state index is 0.445. The highest BCUT2D eigenvalue weighted by atomic mass is 15.0. The molecule has 8 aromatic rings. The standard InChI is InChI=1S/C57H56N4/c1-7-21-48(22-8-1)56(49-23-9-2-10-24-49,50-25-11-3-12-26-50)60-43-19-41-58-54-37-33-46(34-38-54)45-47-35-39-55(40-36-47)59-42-20-44-61-57(51-27-13-4-14-28-51,52-29-15-5-16-30-52)53-31-17-6-18-32-53/h1-18,21-40,58-61H,19-20,41-45H2. The summed E-state index contributed by atoms with van der Waals surface area (Å²) in [7, 11) is 0. The fraction of sp³-hybridized carbons (Fsp3) is 0.158. The van der Waals surface area contributed by atoms with E-state index in [0.29, 0.717) is 0 Å². The summed E-state index contributed by atoms with van der Waals surface area (Å²) in [6, 6.07) is 82.6. The number of benzene rings is 8. The van der Waals surface area contributed by atoms with Gasteiger partial charge >= 0.3 is 0 Å². The molecule has 8 rings (SSSR count). The maximum atomic E-state index is 4.00. The molecule has 0 unspecified atom stereocenters. The predicted molar refractivity (Wildman–Crippen MR) is 256 cm³/mol. The lowest BCUT2D eigenvalue weighted by Gasteiger charge is -2.37. The lowest BCUT2D eigenvalue weighted by molar-refractivity contribution is 0.469. The molecule has 0 radical (unpaired) electrons. The van der Waals surface area contributed by atoms with Crippen LogP contribution in [0.4, 0.5) is 11.4 Å². The third-order valence-corrected chi connectivity index (χ3v) is 11.7. The van der Waals surface area contributed by atoms with Crippen LogP contribution < -0.4 is 21.3 Å². The van der Waals surface area contributed by atoms with Crippen molar-refractivity contribution in [2.75, 3.05) is 36.8 Å². The van der Waals surface area contributed by atoms with Crippen molar-refractivity contribution in [3.8, 4) is 0 Å². The number of rotatable bonds is 20. The minimum atomic E-state index is -0.445. The average Bonchev–Trinajstić information content (AvgIpc) is 3.34. The first-order valence-corrected chi connectivity index (χ1v) is 21.7. The Balaban J connectivity index is 0.818. The Morgan fingerprint density at radius 3 is 0.754 bits per heavy atom. The average molecular weight is 797 g/mol. The zero-order valence-electron chi connectivity index (χ0n) is 34.9. The maximum Gasteiger partial charge on any atom is 0.0947 e. The van der Waals surface area contributed by atoms with E-state index in [2.05, 4.69) is 252 Å². The van der Waals surface area contributed by atoms with Crippen LogP contribution in [-0.2, 0) is 17.5 Å². The molecule has 4 N–H and O–H groups in total. The summed E-state index contributed by atoms with van der Waals surface area (Å²) in [5.41, 5.74) is 11.4. The van der Waals surface area contributed by atoms with Crippen LogP contribution in [0.25, 0.3) is 0 Å². The second-order valence-electron chi connectivity index (χ2n) is 15.7. The number of hydrogen-bond acceptors (Lipinski definition) is 4. The third kappa shape index (κ3) is 9.85. The van der Waals surface area contributed by atoms with Crippen molar-refractivity contribution >= 4 is 11.4 Å². The van der Waals surface area contributed by atoms with Crippen LogP contribution in [-0.4, -0.2) is 26.2 Å². The molecule has 0 aliphatic carbocycles. The number of nitrogens with one attached hydrogen (secondary N) is 4. The normalized spacial score (nSPS) is 11.5. The van der Waals surface area contributed by atoms with Gasteiger partial charge in [-0.1, -0.05) is 206 Å². The van der Waals surface area contributed by atoms with Gasteiger partial charge in [0.1, 0.15) is 0 Å². The van der Waals surface area contributed by atoms with Crippen molar-refractivity contribution in [3.63, 3.8) is 0 Å². The first-order valence-electron chi connectivity index (χ1n) is 21.7. The lowest BCUT2D eigenvalue weighted by Crippen LogP contribution is -2.45. The van der Waals surface area contributed by atoms with Crippen molar-refractivity contribution in [1.29, 1.82) is 0 Å². The second kappa shape index (κ2) is 20.5. The highest BCUT2D eigenvalue weighted by Gasteiger charge is 2.36. The summed E-state index contributed by atoms with van der Waals surface area (Å²) >= 11 is 0. The van der Waals surface area contributed by atoms with Gasteiger partial charge in [-0.3, -0.25) is 10.6 Å². The van der Waals surface area contributed by atoms with Crippen LogP contribution in [0.5, 0.6) is 0 Å². The minimum Gasteiger partial charge on any atom is -0.385 e. The summed E-state index contributed by atoms with van der Waals surface area (Å²) in [5.74, 6) is 0. The van der Waals surface area contributed by atoms with E-state index in [9.17, 15) is 0 Å². The molecule has 4 heteroatoms. The number of hydrogen-bond donors (Lipinski definition) is 4. The molecule has 0 spiro atoms. The Kier molecular flexibility index (Phi) is 13.8. The molecule has 0 atom stereocenters. The van der Waals surface area contributed by atoms with E-state index in [1.807, 2.05) is 0 Å². The first kappa shape index (κ1) is 41.0. The fourth-order valence-corrected chi connectivity index (χ4v) is 8.65. The summed E-state index contributed by atoms with van der Waals surface area (Å²) in [4.78, 5) is 0. The highest BCUT2D eigenvalue weighted by Crippen LogP contribution is 2.38. The molecular weight excluding hydrogens is 741 g/mol. The molecule has 0 aliphatic rings. The van der Waals surface area contributed by atoms with E-state index in [-0.39, 0.29) is 0 Å². The lowest BCUT2D eigenvalue weighted by atomic mass is 9.77. The van der Waals surface area contributed by atoms with Gasteiger partial charge in [0.15, 0.2) is 0 Å². The Morgan fingerprint density at radius 2 is 0.508 bits per heavy atom. The van der Waals surface area contributed by atoms with Crippen molar-refractivity contribution < 1.29 is 0 Å². The van der Waals surface area contributed by atoms with Crippen molar-refractivity contribution in [2.24, 2.45) is 0 Å². The van der Waals surface area contributed by atoms with Crippen LogP contribution >= 0.6 is 0 Å². The van der Waals surface area contributed by atoms with Gasteiger partial charge in [0.05, 0.1) is 11.1 Å². The molecule has 0 heterocycles. The number of anilines is 2. The van der Waals surface area contributed by atoms with Gasteiger partial charge in [-0.15, -0.1) is 0 Å². The van der Waals surface area contributed by atoms with Crippen LogP contribution in [0.2, 0.25) is 0 Å². The Labute approximate surface area is 362 Å². The summed E-state index contributed by atoms with van der Waals surface area (Å²) in [6.07, 6.45) is 2.85. The summed E-state index contributed by atoms with van der Waals surface area (Å²) < 4.78 is 0. The zero-order chi connectivity index (χ0) is 41.4.